The summed E-state index contributed by atoms with van der Waals surface area (Å²) < 4.78 is 12.6. The van der Waals surface area contributed by atoms with Crippen molar-refractivity contribution < 1.29 is 9.47 Å². The summed E-state index contributed by atoms with van der Waals surface area (Å²) in [4.78, 5) is 0. The third kappa shape index (κ3) is 1.43. The van der Waals surface area contributed by atoms with Gasteiger partial charge in [-0.25, -0.2) is 0 Å². The molecule has 0 saturated heterocycles. The molecule has 17 heavy (non-hydrogen) atoms. The lowest BCUT2D eigenvalue weighted by Crippen LogP contribution is -1.94. The van der Waals surface area contributed by atoms with Crippen LogP contribution < -0.4 is 9.47 Å². The molecule has 0 spiro atoms. The Bertz CT molecular complexity index is 621. The zero-order valence-electron chi connectivity index (χ0n) is 10.4. The van der Waals surface area contributed by atoms with Crippen molar-refractivity contribution in [2.75, 3.05) is 14.2 Å². The topological polar surface area (TPSA) is 47.2 Å². The Hall–Kier alpha value is -2.15. The molecule has 88 valence electrons. The van der Waals surface area contributed by atoms with E-state index in [1.165, 1.54) is 0 Å². The van der Waals surface area contributed by atoms with Crippen LogP contribution in [0.4, 0.5) is 0 Å². The van der Waals surface area contributed by atoms with E-state index in [-0.39, 0.29) is 0 Å². The quantitative estimate of drug-likeness (QED) is 0.795. The van der Waals surface area contributed by atoms with Gasteiger partial charge >= 0.3 is 0 Å². The minimum absolute atomic E-state index is 0.637. The van der Waals surface area contributed by atoms with Gasteiger partial charge in [0.25, 0.3) is 0 Å². The van der Waals surface area contributed by atoms with Gasteiger partial charge < -0.3 is 14.0 Å². The summed E-state index contributed by atoms with van der Waals surface area (Å²) in [6.45, 7) is 1.91. The highest BCUT2D eigenvalue weighted by molar-refractivity contribution is 5.97. The number of aryl methyl sites for hydroxylation is 1. The molecule has 0 saturated carbocycles. The number of ether oxygens (including phenoxy) is 2. The van der Waals surface area contributed by atoms with Crippen LogP contribution >= 0.6 is 0 Å². The smallest absolute Gasteiger partial charge is 0.143 e. The maximum Gasteiger partial charge on any atom is 0.143 e. The number of rotatable bonds is 2. The molecule has 2 rings (SSSR count). The monoisotopic (exact) mass is 230 g/mol. The first-order valence-corrected chi connectivity index (χ1v) is 5.25. The van der Waals surface area contributed by atoms with Gasteiger partial charge in [-0.3, -0.25) is 0 Å². The van der Waals surface area contributed by atoms with E-state index < -0.39 is 0 Å². The van der Waals surface area contributed by atoms with Crippen molar-refractivity contribution in [3.63, 3.8) is 0 Å². The third-order valence-electron chi connectivity index (χ3n) is 3.10. The summed E-state index contributed by atoms with van der Waals surface area (Å²) in [5.41, 5.74) is 2.43. The van der Waals surface area contributed by atoms with E-state index in [0.717, 1.165) is 22.3 Å². The highest BCUT2D eigenvalue weighted by atomic mass is 16.5. The van der Waals surface area contributed by atoms with Crippen LogP contribution in [0.25, 0.3) is 10.9 Å². The van der Waals surface area contributed by atoms with Crippen LogP contribution in [-0.4, -0.2) is 18.8 Å². The van der Waals surface area contributed by atoms with Gasteiger partial charge in [0, 0.05) is 12.7 Å². The van der Waals surface area contributed by atoms with E-state index in [4.69, 9.17) is 9.47 Å². The van der Waals surface area contributed by atoms with Crippen molar-refractivity contribution in [2.45, 2.75) is 6.92 Å². The predicted molar refractivity (Wildman–Crippen MR) is 65.5 cm³/mol. The van der Waals surface area contributed by atoms with Crippen molar-refractivity contribution in [2.24, 2.45) is 7.05 Å². The molecule has 2 aromatic rings. The molecule has 0 radical (unpaired) electrons. The van der Waals surface area contributed by atoms with E-state index in [2.05, 4.69) is 6.07 Å². The van der Waals surface area contributed by atoms with Gasteiger partial charge in [0.05, 0.1) is 30.7 Å². The van der Waals surface area contributed by atoms with Gasteiger partial charge in [0.15, 0.2) is 0 Å². The third-order valence-corrected chi connectivity index (χ3v) is 3.10. The molecule has 1 aromatic carbocycles. The maximum atomic E-state index is 9.25. The van der Waals surface area contributed by atoms with E-state index in [9.17, 15) is 5.26 Å². The van der Waals surface area contributed by atoms with Gasteiger partial charge in [-0.05, 0) is 19.1 Å². The van der Waals surface area contributed by atoms with Gasteiger partial charge in [-0.2, -0.15) is 5.26 Å². The second-order valence-corrected chi connectivity index (χ2v) is 3.82. The Morgan fingerprint density at radius 3 is 2.29 bits per heavy atom. The van der Waals surface area contributed by atoms with Crippen molar-refractivity contribution >= 4 is 10.9 Å². The first kappa shape index (κ1) is 11.3. The lowest BCUT2D eigenvalue weighted by atomic mass is 10.1. The summed E-state index contributed by atoms with van der Waals surface area (Å²) in [7, 11) is 5.14. The van der Waals surface area contributed by atoms with Crippen LogP contribution in [0.5, 0.6) is 11.5 Å². The number of aromatic nitrogens is 1. The fourth-order valence-electron chi connectivity index (χ4n) is 2.12. The minimum atomic E-state index is 0.637. The Labute approximate surface area is 100.0 Å². The summed E-state index contributed by atoms with van der Waals surface area (Å²) >= 11 is 0. The van der Waals surface area contributed by atoms with Crippen molar-refractivity contribution in [1.29, 1.82) is 5.26 Å². The molecule has 4 nitrogen and oxygen atoms in total. The van der Waals surface area contributed by atoms with Crippen molar-refractivity contribution in [3.8, 4) is 17.6 Å². The van der Waals surface area contributed by atoms with E-state index in [0.29, 0.717) is 11.3 Å². The summed E-state index contributed by atoms with van der Waals surface area (Å²) in [6, 6.07) is 5.90. The molecule has 0 aliphatic heterocycles. The van der Waals surface area contributed by atoms with Gasteiger partial charge in [-0.15, -0.1) is 0 Å². The molecule has 0 aliphatic carbocycles. The Kier molecular flexibility index (Phi) is 2.68. The molecule has 0 fully saturated rings. The predicted octanol–water partition coefficient (Wildman–Crippen LogP) is 2.38. The van der Waals surface area contributed by atoms with Crippen LogP contribution in [0.15, 0.2) is 12.1 Å². The normalized spacial score (nSPS) is 10.3. The summed E-state index contributed by atoms with van der Waals surface area (Å²) in [6.07, 6.45) is 0. The van der Waals surface area contributed by atoms with Gasteiger partial charge in [0.2, 0.25) is 0 Å². The lowest BCUT2D eigenvalue weighted by Gasteiger charge is -2.08. The molecule has 0 N–H and O–H groups in total. The number of fused-ring (bicyclic) bond motifs is 1. The van der Waals surface area contributed by atoms with E-state index in [1.807, 2.05) is 30.7 Å². The zero-order valence-corrected chi connectivity index (χ0v) is 10.4. The SMILES string of the molecule is COc1ccc(OC)c2c1c(C#N)c(C)n2C. The second kappa shape index (κ2) is 4.02. The average molecular weight is 230 g/mol. The average Bonchev–Trinajstić information content (AvgIpc) is 2.61. The molecule has 4 heteroatoms. The fourth-order valence-corrected chi connectivity index (χ4v) is 2.12. The molecule has 1 heterocycles. The highest BCUT2D eigenvalue weighted by Gasteiger charge is 2.19. The van der Waals surface area contributed by atoms with E-state index in [1.54, 1.807) is 14.2 Å². The Morgan fingerprint density at radius 2 is 1.76 bits per heavy atom. The highest BCUT2D eigenvalue weighted by Crippen LogP contribution is 2.37. The molecular weight excluding hydrogens is 216 g/mol. The zero-order chi connectivity index (χ0) is 12.6. The van der Waals surface area contributed by atoms with Crippen LogP contribution in [-0.2, 0) is 7.05 Å². The largest absolute Gasteiger partial charge is 0.496 e. The van der Waals surface area contributed by atoms with Crippen LogP contribution in [0.3, 0.4) is 0 Å². The molecule has 0 aliphatic rings. The number of hydrogen-bond acceptors (Lipinski definition) is 3. The fraction of sp³-hybridized carbons (Fsp3) is 0.308. The standard InChI is InChI=1S/C13H14N2O2/c1-8-9(7-14)12-10(16-3)5-6-11(17-4)13(12)15(8)2/h5-6H,1-4H3. The van der Waals surface area contributed by atoms with Crippen LogP contribution in [0.2, 0.25) is 0 Å². The minimum Gasteiger partial charge on any atom is -0.496 e. The number of nitrogens with zero attached hydrogens (tertiary/aromatic N) is 2. The molecule has 0 unspecified atom stereocenters. The second-order valence-electron chi connectivity index (χ2n) is 3.82. The number of benzene rings is 1. The lowest BCUT2D eigenvalue weighted by molar-refractivity contribution is 0.409. The number of nitriles is 1. The van der Waals surface area contributed by atoms with Crippen LogP contribution in [0, 0.1) is 18.3 Å². The van der Waals surface area contributed by atoms with Gasteiger partial charge in [-0.1, -0.05) is 0 Å². The summed E-state index contributed by atoms with van der Waals surface area (Å²) in [5.74, 6) is 1.44. The first-order valence-electron chi connectivity index (χ1n) is 5.25. The van der Waals surface area contributed by atoms with E-state index >= 15 is 0 Å². The first-order chi connectivity index (χ1) is 8.15. The Balaban J connectivity index is 3.02. The molecule has 0 atom stereocenters. The molecular formula is C13H14N2O2. The number of hydrogen-bond donors (Lipinski definition) is 0. The van der Waals surface area contributed by atoms with Crippen LogP contribution in [0.1, 0.15) is 11.3 Å². The van der Waals surface area contributed by atoms with Crippen molar-refractivity contribution in [3.05, 3.63) is 23.4 Å². The van der Waals surface area contributed by atoms with Gasteiger partial charge in [0.1, 0.15) is 17.6 Å². The maximum absolute atomic E-state index is 9.25. The molecule has 0 amide bonds. The van der Waals surface area contributed by atoms with Crippen molar-refractivity contribution in [1.82, 2.24) is 4.57 Å². The Morgan fingerprint density at radius 1 is 1.18 bits per heavy atom. The molecule has 0 bridgehead atoms. The number of methoxy groups -OCH3 is 2. The molecule has 1 aromatic heterocycles. The summed E-state index contributed by atoms with van der Waals surface area (Å²) in [5, 5.41) is 10.1.